The summed E-state index contributed by atoms with van der Waals surface area (Å²) in [6.07, 6.45) is 0.927. The zero-order chi connectivity index (χ0) is 12.0. The molecule has 1 aromatic carbocycles. The van der Waals surface area contributed by atoms with Crippen molar-refractivity contribution in [3.63, 3.8) is 0 Å². The Morgan fingerprint density at radius 2 is 2.12 bits per heavy atom. The van der Waals surface area contributed by atoms with E-state index in [2.05, 4.69) is 10.6 Å². The fourth-order valence-corrected chi connectivity index (χ4v) is 1.40. The van der Waals surface area contributed by atoms with Crippen LogP contribution in [-0.4, -0.2) is 19.0 Å². The van der Waals surface area contributed by atoms with Crippen molar-refractivity contribution in [1.82, 2.24) is 5.32 Å². The molecule has 1 aromatic rings. The van der Waals surface area contributed by atoms with E-state index in [0.29, 0.717) is 17.8 Å². The number of benzene rings is 1. The number of nitrogen functional groups attached to an aromatic ring is 1. The first-order valence-corrected chi connectivity index (χ1v) is 5.60. The van der Waals surface area contributed by atoms with Crippen LogP contribution in [0.5, 0.6) is 0 Å². The molecule has 1 amide bonds. The Morgan fingerprint density at radius 1 is 1.38 bits per heavy atom. The molecule has 0 spiro atoms. The molecule has 0 heterocycles. The summed E-state index contributed by atoms with van der Waals surface area (Å²) in [7, 11) is 0. The standard InChI is InChI=1S/C12H19N3O/c1-3-7-15-12(16)9-5-6-11(14-4-2)10(13)8-9/h5-6,8,14H,3-4,7,13H2,1-2H3,(H,15,16). The lowest BCUT2D eigenvalue weighted by molar-refractivity contribution is 0.0953. The molecule has 0 aliphatic rings. The average Bonchev–Trinajstić information content (AvgIpc) is 2.29. The number of nitrogens with two attached hydrogens (primary N) is 1. The fourth-order valence-electron chi connectivity index (χ4n) is 1.40. The molecule has 0 aliphatic carbocycles. The van der Waals surface area contributed by atoms with Crippen LogP contribution in [-0.2, 0) is 0 Å². The van der Waals surface area contributed by atoms with Gasteiger partial charge in [0.25, 0.3) is 5.91 Å². The van der Waals surface area contributed by atoms with Gasteiger partial charge in [0, 0.05) is 18.7 Å². The molecule has 4 heteroatoms. The first kappa shape index (κ1) is 12.4. The molecular weight excluding hydrogens is 202 g/mol. The molecule has 88 valence electrons. The fraction of sp³-hybridized carbons (Fsp3) is 0.417. The molecule has 0 atom stereocenters. The number of hydrogen-bond donors (Lipinski definition) is 3. The van der Waals surface area contributed by atoms with Crippen molar-refractivity contribution >= 4 is 17.3 Å². The van der Waals surface area contributed by atoms with Gasteiger partial charge in [-0.1, -0.05) is 6.92 Å². The van der Waals surface area contributed by atoms with Crippen LogP contribution in [0.15, 0.2) is 18.2 Å². The van der Waals surface area contributed by atoms with E-state index in [1.165, 1.54) is 0 Å². The van der Waals surface area contributed by atoms with Crippen LogP contribution in [0.1, 0.15) is 30.6 Å². The summed E-state index contributed by atoms with van der Waals surface area (Å²) in [5, 5.41) is 5.94. The van der Waals surface area contributed by atoms with E-state index in [4.69, 9.17) is 5.73 Å². The summed E-state index contributed by atoms with van der Waals surface area (Å²) in [6, 6.07) is 5.31. The van der Waals surface area contributed by atoms with Gasteiger partial charge in [0.15, 0.2) is 0 Å². The SMILES string of the molecule is CCCNC(=O)c1ccc(NCC)c(N)c1. The van der Waals surface area contributed by atoms with E-state index in [1.807, 2.05) is 19.9 Å². The van der Waals surface area contributed by atoms with Crippen LogP contribution in [0.3, 0.4) is 0 Å². The maximum absolute atomic E-state index is 11.6. The number of amides is 1. The van der Waals surface area contributed by atoms with Gasteiger partial charge < -0.3 is 16.4 Å². The summed E-state index contributed by atoms with van der Waals surface area (Å²) in [4.78, 5) is 11.6. The van der Waals surface area contributed by atoms with Crippen molar-refractivity contribution < 1.29 is 4.79 Å². The largest absolute Gasteiger partial charge is 0.397 e. The summed E-state index contributed by atoms with van der Waals surface area (Å²) < 4.78 is 0. The maximum atomic E-state index is 11.6. The summed E-state index contributed by atoms with van der Waals surface area (Å²) in [5.41, 5.74) is 7.91. The predicted octanol–water partition coefficient (Wildman–Crippen LogP) is 1.84. The third-order valence-corrected chi connectivity index (χ3v) is 2.22. The minimum atomic E-state index is -0.0726. The minimum absolute atomic E-state index is 0.0726. The quantitative estimate of drug-likeness (QED) is 0.665. The van der Waals surface area contributed by atoms with Gasteiger partial charge in [-0.3, -0.25) is 4.79 Å². The highest BCUT2D eigenvalue weighted by Crippen LogP contribution is 2.19. The van der Waals surface area contributed by atoms with Crippen LogP contribution < -0.4 is 16.4 Å². The molecule has 0 bridgehead atoms. The Bertz CT molecular complexity index is 363. The summed E-state index contributed by atoms with van der Waals surface area (Å²) in [5.74, 6) is -0.0726. The van der Waals surface area contributed by atoms with Gasteiger partial charge in [0.1, 0.15) is 0 Å². The molecule has 0 unspecified atom stereocenters. The van der Waals surface area contributed by atoms with Crippen LogP contribution in [0.25, 0.3) is 0 Å². The van der Waals surface area contributed by atoms with Gasteiger partial charge >= 0.3 is 0 Å². The van der Waals surface area contributed by atoms with Gasteiger partial charge in [0.05, 0.1) is 11.4 Å². The normalized spacial score (nSPS) is 9.88. The highest BCUT2D eigenvalue weighted by molar-refractivity contribution is 5.96. The Labute approximate surface area is 96.2 Å². The molecule has 0 saturated carbocycles. The molecule has 0 aliphatic heterocycles. The Kier molecular flexibility index (Phi) is 4.64. The Hall–Kier alpha value is -1.71. The van der Waals surface area contributed by atoms with Gasteiger partial charge in [-0.25, -0.2) is 0 Å². The molecule has 0 radical (unpaired) electrons. The lowest BCUT2D eigenvalue weighted by Crippen LogP contribution is -2.24. The van der Waals surface area contributed by atoms with Crippen molar-refractivity contribution in [2.45, 2.75) is 20.3 Å². The number of nitrogens with one attached hydrogen (secondary N) is 2. The molecule has 0 aromatic heterocycles. The minimum Gasteiger partial charge on any atom is -0.397 e. The van der Waals surface area contributed by atoms with Crippen molar-refractivity contribution in [2.75, 3.05) is 24.1 Å². The van der Waals surface area contributed by atoms with E-state index in [9.17, 15) is 4.79 Å². The average molecular weight is 221 g/mol. The van der Waals surface area contributed by atoms with E-state index in [-0.39, 0.29) is 5.91 Å². The zero-order valence-corrected chi connectivity index (χ0v) is 9.84. The molecule has 1 rings (SSSR count). The molecule has 4 nitrogen and oxygen atoms in total. The molecule has 0 fully saturated rings. The number of rotatable bonds is 5. The van der Waals surface area contributed by atoms with Crippen LogP contribution in [0, 0.1) is 0 Å². The number of hydrogen-bond acceptors (Lipinski definition) is 3. The van der Waals surface area contributed by atoms with Crippen molar-refractivity contribution in [1.29, 1.82) is 0 Å². The van der Waals surface area contributed by atoms with Crippen molar-refractivity contribution in [3.05, 3.63) is 23.8 Å². The second kappa shape index (κ2) is 6.00. The highest BCUT2D eigenvalue weighted by atomic mass is 16.1. The third kappa shape index (κ3) is 3.15. The van der Waals surface area contributed by atoms with Gasteiger partial charge in [-0.2, -0.15) is 0 Å². The third-order valence-electron chi connectivity index (χ3n) is 2.22. The van der Waals surface area contributed by atoms with Crippen LogP contribution >= 0.6 is 0 Å². The first-order valence-electron chi connectivity index (χ1n) is 5.60. The second-order valence-corrected chi connectivity index (χ2v) is 3.59. The van der Waals surface area contributed by atoms with Crippen molar-refractivity contribution in [2.24, 2.45) is 0 Å². The summed E-state index contributed by atoms with van der Waals surface area (Å²) in [6.45, 7) is 5.52. The van der Waals surface area contributed by atoms with Gasteiger partial charge in [-0.15, -0.1) is 0 Å². The van der Waals surface area contributed by atoms with Gasteiger partial charge in [-0.05, 0) is 31.5 Å². The number of carbonyl (C=O) groups is 1. The van der Waals surface area contributed by atoms with E-state index >= 15 is 0 Å². The molecule has 4 N–H and O–H groups in total. The first-order chi connectivity index (χ1) is 7.69. The monoisotopic (exact) mass is 221 g/mol. The number of carbonyl (C=O) groups excluding carboxylic acids is 1. The van der Waals surface area contributed by atoms with E-state index in [0.717, 1.165) is 18.7 Å². The molecular formula is C12H19N3O. The van der Waals surface area contributed by atoms with E-state index in [1.54, 1.807) is 12.1 Å². The highest BCUT2D eigenvalue weighted by Gasteiger charge is 2.06. The number of anilines is 2. The Morgan fingerprint density at radius 3 is 2.69 bits per heavy atom. The zero-order valence-electron chi connectivity index (χ0n) is 9.84. The van der Waals surface area contributed by atoms with E-state index < -0.39 is 0 Å². The lowest BCUT2D eigenvalue weighted by Gasteiger charge is -2.09. The maximum Gasteiger partial charge on any atom is 0.251 e. The lowest BCUT2D eigenvalue weighted by atomic mass is 10.1. The van der Waals surface area contributed by atoms with Crippen molar-refractivity contribution in [3.8, 4) is 0 Å². The van der Waals surface area contributed by atoms with Crippen LogP contribution in [0.2, 0.25) is 0 Å². The molecule has 16 heavy (non-hydrogen) atoms. The van der Waals surface area contributed by atoms with Gasteiger partial charge in [0.2, 0.25) is 0 Å². The molecule has 0 saturated heterocycles. The van der Waals surface area contributed by atoms with Crippen LogP contribution in [0.4, 0.5) is 11.4 Å². The Balaban J connectivity index is 2.76. The second-order valence-electron chi connectivity index (χ2n) is 3.59. The topological polar surface area (TPSA) is 67.2 Å². The predicted molar refractivity (Wildman–Crippen MR) is 67.6 cm³/mol. The summed E-state index contributed by atoms with van der Waals surface area (Å²) >= 11 is 0. The smallest absolute Gasteiger partial charge is 0.251 e.